The quantitative estimate of drug-likeness (QED) is 0.753. The third kappa shape index (κ3) is 3.29. The van der Waals surface area contributed by atoms with Gasteiger partial charge in [0.1, 0.15) is 0 Å². The zero-order valence-corrected chi connectivity index (χ0v) is 12.7. The van der Waals surface area contributed by atoms with Crippen LogP contribution in [0.25, 0.3) is 0 Å². The molecule has 0 radical (unpaired) electrons. The van der Waals surface area contributed by atoms with Crippen LogP contribution in [0.2, 0.25) is 0 Å². The van der Waals surface area contributed by atoms with Gasteiger partial charge in [0.15, 0.2) is 5.13 Å². The number of carbonyl (C=O) groups excluding carboxylic acids is 1. The van der Waals surface area contributed by atoms with Gasteiger partial charge in [-0.15, -0.1) is 16.4 Å². The van der Waals surface area contributed by atoms with E-state index in [4.69, 9.17) is 0 Å². The first-order chi connectivity index (χ1) is 10.7. The number of nitrogens with zero attached hydrogens (tertiary/aromatic N) is 4. The topological polar surface area (TPSA) is 84.7 Å². The predicted octanol–water partition coefficient (Wildman–Crippen LogP) is 2.14. The van der Waals surface area contributed by atoms with E-state index in [1.54, 1.807) is 29.2 Å². The smallest absolute Gasteiger partial charge is 0.257 e. The lowest BCUT2D eigenvalue weighted by Crippen LogP contribution is -2.11. The second kappa shape index (κ2) is 6.35. The molecule has 2 N–H and O–H groups in total. The molecule has 8 heteroatoms. The SMILES string of the molecule is Cn1nncc1CNc1ccc(C(=O)Nc2nccs2)cc1. The first kappa shape index (κ1) is 14.2. The number of carbonyl (C=O) groups is 1. The molecule has 1 amide bonds. The van der Waals surface area contributed by atoms with Gasteiger partial charge < -0.3 is 5.32 Å². The van der Waals surface area contributed by atoms with Crippen molar-refractivity contribution in [2.24, 2.45) is 7.05 Å². The molecule has 22 heavy (non-hydrogen) atoms. The molecule has 2 heterocycles. The Morgan fingerprint density at radius 2 is 2.14 bits per heavy atom. The molecule has 112 valence electrons. The maximum atomic E-state index is 12.0. The van der Waals surface area contributed by atoms with Gasteiger partial charge in [-0.05, 0) is 24.3 Å². The number of amides is 1. The van der Waals surface area contributed by atoms with Crippen LogP contribution in [-0.4, -0.2) is 25.9 Å². The van der Waals surface area contributed by atoms with Gasteiger partial charge in [-0.1, -0.05) is 5.21 Å². The highest BCUT2D eigenvalue weighted by Gasteiger charge is 2.07. The summed E-state index contributed by atoms with van der Waals surface area (Å²) in [6, 6.07) is 7.26. The van der Waals surface area contributed by atoms with Gasteiger partial charge in [-0.25, -0.2) is 4.98 Å². The van der Waals surface area contributed by atoms with Gasteiger partial charge in [0.05, 0.1) is 18.4 Å². The van der Waals surface area contributed by atoms with Crippen LogP contribution in [0.15, 0.2) is 42.0 Å². The number of anilines is 2. The second-order valence-electron chi connectivity index (χ2n) is 4.57. The Kier molecular flexibility index (Phi) is 4.10. The van der Waals surface area contributed by atoms with Gasteiger partial charge in [-0.3, -0.25) is 14.8 Å². The normalized spacial score (nSPS) is 10.4. The van der Waals surface area contributed by atoms with Crippen molar-refractivity contribution >= 4 is 28.1 Å². The van der Waals surface area contributed by atoms with E-state index in [9.17, 15) is 4.79 Å². The molecular weight excluding hydrogens is 300 g/mol. The van der Waals surface area contributed by atoms with Crippen molar-refractivity contribution in [2.45, 2.75) is 6.54 Å². The zero-order valence-electron chi connectivity index (χ0n) is 11.9. The maximum Gasteiger partial charge on any atom is 0.257 e. The molecule has 7 nitrogen and oxygen atoms in total. The van der Waals surface area contributed by atoms with Crippen LogP contribution in [-0.2, 0) is 13.6 Å². The first-order valence-corrected chi connectivity index (χ1v) is 7.48. The highest BCUT2D eigenvalue weighted by atomic mass is 32.1. The van der Waals surface area contributed by atoms with Gasteiger partial charge in [0, 0.05) is 29.9 Å². The summed E-state index contributed by atoms with van der Waals surface area (Å²) in [7, 11) is 1.84. The maximum absolute atomic E-state index is 12.0. The number of aryl methyl sites for hydroxylation is 1. The van der Waals surface area contributed by atoms with Crippen LogP contribution >= 0.6 is 11.3 Å². The van der Waals surface area contributed by atoms with Crippen LogP contribution in [0, 0.1) is 0 Å². The van der Waals surface area contributed by atoms with E-state index >= 15 is 0 Å². The monoisotopic (exact) mass is 314 g/mol. The largest absolute Gasteiger partial charge is 0.379 e. The molecule has 0 spiro atoms. The average molecular weight is 314 g/mol. The van der Waals surface area contributed by atoms with E-state index in [1.165, 1.54) is 11.3 Å². The summed E-state index contributed by atoms with van der Waals surface area (Å²) in [6.45, 7) is 0.619. The first-order valence-electron chi connectivity index (χ1n) is 6.61. The molecule has 1 aromatic carbocycles. The molecule has 0 atom stereocenters. The number of hydrogen-bond acceptors (Lipinski definition) is 6. The summed E-state index contributed by atoms with van der Waals surface area (Å²) in [5, 5.41) is 16.1. The number of hydrogen-bond donors (Lipinski definition) is 2. The van der Waals surface area contributed by atoms with E-state index in [-0.39, 0.29) is 5.91 Å². The molecule has 0 aliphatic rings. The predicted molar refractivity (Wildman–Crippen MR) is 84.8 cm³/mol. The van der Waals surface area contributed by atoms with Crippen molar-refractivity contribution in [3.05, 3.63) is 53.3 Å². The Hall–Kier alpha value is -2.74. The van der Waals surface area contributed by atoms with Crippen molar-refractivity contribution in [3.8, 4) is 0 Å². The highest BCUT2D eigenvalue weighted by Crippen LogP contribution is 2.14. The molecule has 0 bridgehead atoms. The second-order valence-corrected chi connectivity index (χ2v) is 5.47. The van der Waals surface area contributed by atoms with Crippen LogP contribution in [0.5, 0.6) is 0 Å². The van der Waals surface area contributed by atoms with Crippen LogP contribution in [0.4, 0.5) is 10.8 Å². The van der Waals surface area contributed by atoms with Crippen LogP contribution in [0.3, 0.4) is 0 Å². The van der Waals surface area contributed by atoms with Crippen LogP contribution in [0.1, 0.15) is 16.1 Å². The fourth-order valence-corrected chi connectivity index (χ4v) is 2.38. The Morgan fingerprint density at radius 3 is 2.77 bits per heavy atom. The number of benzene rings is 1. The van der Waals surface area contributed by atoms with E-state index in [1.807, 2.05) is 24.6 Å². The van der Waals surface area contributed by atoms with Crippen LogP contribution < -0.4 is 10.6 Å². The number of thiazole rings is 1. The zero-order chi connectivity index (χ0) is 15.4. The lowest BCUT2D eigenvalue weighted by atomic mass is 10.2. The summed E-state index contributed by atoms with van der Waals surface area (Å²) in [5.74, 6) is -0.169. The summed E-state index contributed by atoms with van der Waals surface area (Å²) in [5.41, 5.74) is 2.49. The standard InChI is InChI=1S/C14H14N6OS/c1-20-12(9-17-19-20)8-16-11-4-2-10(3-5-11)13(21)18-14-15-6-7-22-14/h2-7,9,16H,8H2,1H3,(H,15,18,21). The Bertz CT molecular complexity index is 750. The summed E-state index contributed by atoms with van der Waals surface area (Å²) < 4.78 is 1.71. The molecule has 0 saturated carbocycles. The van der Waals surface area contributed by atoms with Crippen molar-refractivity contribution < 1.29 is 4.79 Å². The number of rotatable bonds is 5. The third-order valence-electron chi connectivity index (χ3n) is 3.08. The molecule has 0 saturated heterocycles. The molecule has 0 fully saturated rings. The molecule has 0 aliphatic carbocycles. The molecule has 2 aromatic heterocycles. The van der Waals surface area contributed by atoms with E-state index in [0.717, 1.165) is 11.4 Å². The van der Waals surface area contributed by atoms with E-state index in [2.05, 4.69) is 25.9 Å². The summed E-state index contributed by atoms with van der Waals surface area (Å²) >= 11 is 1.39. The fourth-order valence-electron chi connectivity index (χ4n) is 1.86. The van der Waals surface area contributed by atoms with Crippen molar-refractivity contribution in [1.29, 1.82) is 0 Å². The van der Waals surface area contributed by atoms with Crippen molar-refractivity contribution in [3.63, 3.8) is 0 Å². The van der Waals surface area contributed by atoms with Crippen molar-refractivity contribution in [1.82, 2.24) is 20.0 Å². The van der Waals surface area contributed by atoms with Gasteiger partial charge in [-0.2, -0.15) is 0 Å². The fraction of sp³-hybridized carbons (Fsp3) is 0.143. The number of aromatic nitrogens is 4. The Labute approximate surface area is 131 Å². The molecule has 3 rings (SSSR count). The lowest BCUT2D eigenvalue weighted by Gasteiger charge is -2.07. The Morgan fingerprint density at radius 1 is 1.32 bits per heavy atom. The van der Waals surface area contributed by atoms with E-state index in [0.29, 0.717) is 17.2 Å². The summed E-state index contributed by atoms with van der Waals surface area (Å²) in [6.07, 6.45) is 3.36. The minimum Gasteiger partial charge on any atom is -0.379 e. The third-order valence-corrected chi connectivity index (χ3v) is 3.77. The van der Waals surface area contributed by atoms with E-state index < -0.39 is 0 Å². The minimum absolute atomic E-state index is 0.169. The lowest BCUT2D eigenvalue weighted by molar-refractivity contribution is 0.102. The van der Waals surface area contributed by atoms with Gasteiger partial charge in [0.25, 0.3) is 5.91 Å². The minimum atomic E-state index is -0.169. The van der Waals surface area contributed by atoms with Crippen molar-refractivity contribution in [2.75, 3.05) is 10.6 Å². The molecule has 3 aromatic rings. The van der Waals surface area contributed by atoms with Gasteiger partial charge in [0.2, 0.25) is 0 Å². The van der Waals surface area contributed by atoms with Gasteiger partial charge >= 0.3 is 0 Å². The highest BCUT2D eigenvalue weighted by molar-refractivity contribution is 7.13. The average Bonchev–Trinajstić information content (AvgIpc) is 3.17. The number of nitrogens with one attached hydrogen (secondary N) is 2. The molecule has 0 aliphatic heterocycles. The summed E-state index contributed by atoms with van der Waals surface area (Å²) in [4.78, 5) is 16.1. The molecular formula is C14H14N6OS. The molecule has 0 unspecified atom stereocenters. The Balaban J connectivity index is 1.60.